The maximum absolute atomic E-state index is 11.4. The summed E-state index contributed by atoms with van der Waals surface area (Å²) in [6.45, 7) is 2.04. The van der Waals surface area contributed by atoms with Crippen LogP contribution in [-0.2, 0) is 4.79 Å². The van der Waals surface area contributed by atoms with E-state index in [9.17, 15) is 4.79 Å². The Kier molecular flexibility index (Phi) is 3.28. The van der Waals surface area contributed by atoms with Gasteiger partial charge in [-0.05, 0) is 43.1 Å². The van der Waals surface area contributed by atoms with E-state index in [1.807, 2.05) is 6.07 Å². The summed E-state index contributed by atoms with van der Waals surface area (Å²) < 4.78 is 0. The number of nitrogens with one attached hydrogen (secondary N) is 2. The lowest BCUT2D eigenvalue weighted by molar-refractivity contribution is -0.113. The third kappa shape index (κ3) is 2.25. The molecular formula is C13H17N3OS. The molecule has 2 aliphatic heterocycles. The largest absolute Gasteiger partial charge is 0.324 e. The Hall–Kier alpha value is -1.04. The Morgan fingerprint density at radius 3 is 3.11 bits per heavy atom. The van der Waals surface area contributed by atoms with E-state index < -0.39 is 0 Å². The smallest absolute Gasteiger partial charge is 0.234 e. The lowest BCUT2D eigenvalue weighted by atomic mass is 9.93. The van der Waals surface area contributed by atoms with E-state index in [-0.39, 0.29) is 11.9 Å². The average Bonchev–Trinajstić information content (AvgIpc) is 2.90. The second kappa shape index (κ2) is 4.91. The molecule has 0 spiro atoms. The first-order valence-corrected chi connectivity index (χ1v) is 7.25. The van der Waals surface area contributed by atoms with Gasteiger partial charge in [0.15, 0.2) is 0 Å². The van der Waals surface area contributed by atoms with Gasteiger partial charge in [0.05, 0.1) is 11.4 Å². The van der Waals surface area contributed by atoms with Gasteiger partial charge >= 0.3 is 0 Å². The van der Waals surface area contributed by atoms with Crippen LogP contribution < -0.4 is 16.4 Å². The van der Waals surface area contributed by atoms with Gasteiger partial charge in [-0.2, -0.15) is 0 Å². The van der Waals surface area contributed by atoms with Crippen molar-refractivity contribution in [3.63, 3.8) is 0 Å². The molecule has 2 aliphatic rings. The number of anilines is 1. The summed E-state index contributed by atoms with van der Waals surface area (Å²) in [5, 5.41) is 6.25. The Morgan fingerprint density at radius 1 is 1.44 bits per heavy atom. The fourth-order valence-electron chi connectivity index (χ4n) is 2.56. The number of hydrogen-bond donors (Lipinski definition) is 3. The van der Waals surface area contributed by atoms with Gasteiger partial charge in [-0.3, -0.25) is 4.79 Å². The van der Waals surface area contributed by atoms with Gasteiger partial charge in [-0.25, -0.2) is 0 Å². The molecule has 2 heterocycles. The van der Waals surface area contributed by atoms with Crippen LogP contribution in [0.2, 0.25) is 0 Å². The number of benzene rings is 1. The molecule has 1 fully saturated rings. The number of hydrogen-bond acceptors (Lipinski definition) is 4. The number of fused-ring (bicyclic) bond motifs is 1. The van der Waals surface area contributed by atoms with Crippen LogP contribution in [0.1, 0.15) is 18.0 Å². The molecule has 96 valence electrons. The SMILES string of the molecule is NC(c1ccc2c(c1)NC(=O)CS2)C1CCNC1. The molecule has 5 heteroatoms. The van der Waals surface area contributed by atoms with Crippen molar-refractivity contribution in [3.8, 4) is 0 Å². The molecule has 18 heavy (non-hydrogen) atoms. The van der Waals surface area contributed by atoms with Crippen LogP contribution in [0.4, 0.5) is 5.69 Å². The second-order valence-corrected chi connectivity index (χ2v) is 5.89. The monoisotopic (exact) mass is 263 g/mol. The van der Waals surface area contributed by atoms with E-state index >= 15 is 0 Å². The number of nitrogens with two attached hydrogens (primary N) is 1. The summed E-state index contributed by atoms with van der Waals surface area (Å²) in [4.78, 5) is 12.5. The predicted molar refractivity (Wildman–Crippen MR) is 73.7 cm³/mol. The summed E-state index contributed by atoms with van der Waals surface area (Å²) >= 11 is 1.58. The second-order valence-electron chi connectivity index (χ2n) is 4.87. The summed E-state index contributed by atoms with van der Waals surface area (Å²) in [5.41, 5.74) is 8.34. The van der Waals surface area contributed by atoms with Crippen LogP contribution in [0.5, 0.6) is 0 Å². The number of thioether (sulfide) groups is 1. The highest BCUT2D eigenvalue weighted by Crippen LogP contribution is 2.34. The van der Waals surface area contributed by atoms with Crippen LogP contribution in [0.3, 0.4) is 0 Å². The van der Waals surface area contributed by atoms with Crippen LogP contribution in [0.15, 0.2) is 23.1 Å². The molecule has 0 bridgehead atoms. The van der Waals surface area contributed by atoms with Crippen molar-refractivity contribution in [2.45, 2.75) is 17.4 Å². The molecule has 3 rings (SSSR count). The van der Waals surface area contributed by atoms with Crippen molar-refractivity contribution < 1.29 is 4.79 Å². The topological polar surface area (TPSA) is 67.1 Å². The average molecular weight is 263 g/mol. The molecule has 0 saturated carbocycles. The maximum atomic E-state index is 11.4. The number of amides is 1. The quantitative estimate of drug-likeness (QED) is 0.753. The van der Waals surface area contributed by atoms with Crippen LogP contribution in [0, 0.1) is 5.92 Å². The van der Waals surface area contributed by atoms with E-state index in [1.165, 1.54) is 0 Å². The standard InChI is InChI=1S/C13H17N3OS/c14-13(9-3-4-15-6-9)8-1-2-11-10(5-8)16-12(17)7-18-11/h1-2,5,9,13,15H,3-4,6-7,14H2,(H,16,17). The molecule has 1 saturated heterocycles. The zero-order chi connectivity index (χ0) is 12.5. The molecular weight excluding hydrogens is 246 g/mol. The van der Waals surface area contributed by atoms with Crippen molar-refractivity contribution in [3.05, 3.63) is 23.8 Å². The summed E-state index contributed by atoms with van der Waals surface area (Å²) in [7, 11) is 0. The molecule has 2 unspecified atom stereocenters. The van der Waals surface area contributed by atoms with Crippen molar-refractivity contribution in [2.24, 2.45) is 11.7 Å². The zero-order valence-electron chi connectivity index (χ0n) is 10.1. The van der Waals surface area contributed by atoms with E-state index in [0.29, 0.717) is 11.7 Å². The maximum Gasteiger partial charge on any atom is 0.234 e. The normalized spacial score (nSPS) is 24.5. The molecule has 0 radical (unpaired) electrons. The summed E-state index contributed by atoms with van der Waals surface area (Å²) in [5.74, 6) is 1.07. The third-order valence-corrected chi connectivity index (χ3v) is 4.70. The van der Waals surface area contributed by atoms with Crippen molar-refractivity contribution >= 4 is 23.4 Å². The summed E-state index contributed by atoms with van der Waals surface area (Å²) in [6.07, 6.45) is 1.12. The van der Waals surface area contributed by atoms with E-state index in [0.717, 1.165) is 35.7 Å². The Morgan fingerprint density at radius 2 is 2.33 bits per heavy atom. The Balaban J connectivity index is 1.84. The van der Waals surface area contributed by atoms with Gasteiger partial charge in [0.1, 0.15) is 0 Å². The predicted octanol–water partition coefficient (Wildman–Crippen LogP) is 1.34. The first-order chi connectivity index (χ1) is 8.74. The lowest BCUT2D eigenvalue weighted by Gasteiger charge is -2.22. The fraction of sp³-hybridized carbons (Fsp3) is 0.462. The third-order valence-electron chi connectivity index (χ3n) is 3.63. The molecule has 4 N–H and O–H groups in total. The Labute approximate surface area is 111 Å². The highest BCUT2D eigenvalue weighted by molar-refractivity contribution is 8.00. The highest BCUT2D eigenvalue weighted by atomic mass is 32.2. The van der Waals surface area contributed by atoms with Crippen molar-refractivity contribution in [2.75, 3.05) is 24.2 Å². The Bertz CT molecular complexity index is 471. The van der Waals surface area contributed by atoms with Gasteiger partial charge in [-0.1, -0.05) is 6.07 Å². The van der Waals surface area contributed by atoms with Gasteiger partial charge in [0, 0.05) is 10.9 Å². The van der Waals surface area contributed by atoms with E-state index in [2.05, 4.69) is 22.8 Å². The van der Waals surface area contributed by atoms with Crippen molar-refractivity contribution in [1.29, 1.82) is 0 Å². The zero-order valence-corrected chi connectivity index (χ0v) is 10.9. The number of rotatable bonds is 2. The number of carbonyl (C=O) groups excluding carboxylic acids is 1. The van der Waals surface area contributed by atoms with Gasteiger partial charge in [0.2, 0.25) is 5.91 Å². The first-order valence-electron chi connectivity index (χ1n) is 6.27. The van der Waals surface area contributed by atoms with Gasteiger partial charge in [-0.15, -0.1) is 11.8 Å². The minimum absolute atomic E-state index is 0.0501. The van der Waals surface area contributed by atoms with E-state index in [1.54, 1.807) is 11.8 Å². The minimum atomic E-state index is 0.0501. The number of carbonyl (C=O) groups is 1. The van der Waals surface area contributed by atoms with Crippen LogP contribution in [-0.4, -0.2) is 24.7 Å². The molecule has 4 nitrogen and oxygen atoms in total. The first kappa shape index (κ1) is 12.0. The van der Waals surface area contributed by atoms with Crippen molar-refractivity contribution in [1.82, 2.24) is 5.32 Å². The fourth-order valence-corrected chi connectivity index (χ4v) is 3.35. The lowest BCUT2D eigenvalue weighted by Crippen LogP contribution is -2.24. The van der Waals surface area contributed by atoms with Gasteiger partial charge in [0.25, 0.3) is 0 Å². The minimum Gasteiger partial charge on any atom is -0.324 e. The molecule has 1 aromatic carbocycles. The van der Waals surface area contributed by atoms with E-state index in [4.69, 9.17) is 5.73 Å². The van der Waals surface area contributed by atoms with Crippen LogP contribution >= 0.6 is 11.8 Å². The molecule has 0 aromatic heterocycles. The van der Waals surface area contributed by atoms with Gasteiger partial charge < -0.3 is 16.4 Å². The molecule has 1 amide bonds. The molecule has 1 aromatic rings. The highest BCUT2D eigenvalue weighted by Gasteiger charge is 2.24. The summed E-state index contributed by atoms with van der Waals surface area (Å²) in [6, 6.07) is 6.24. The molecule has 2 atom stereocenters. The van der Waals surface area contributed by atoms with Crippen LogP contribution in [0.25, 0.3) is 0 Å². The molecule has 0 aliphatic carbocycles.